The first-order chi connectivity index (χ1) is 16.6. The molecule has 0 bridgehead atoms. The molecule has 0 spiro atoms. The van der Waals surface area contributed by atoms with Crippen LogP contribution in [0.3, 0.4) is 0 Å². The predicted octanol–water partition coefficient (Wildman–Crippen LogP) is 6.06. The first kappa shape index (κ1) is 22.9. The third kappa shape index (κ3) is 5.20. The van der Waals surface area contributed by atoms with Gasteiger partial charge in [0.2, 0.25) is 11.6 Å². The number of nitrogens with zero attached hydrogens (tertiary/aromatic N) is 5. The Labute approximate surface area is 199 Å². The van der Waals surface area contributed by atoms with Crippen LogP contribution < -0.4 is 9.80 Å². The minimum Gasteiger partial charge on any atom is -0.342 e. The number of rotatable bonds is 9. The van der Waals surface area contributed by atoms with Gasteiger partial charge in [0.1, 0.15) is 6.33 Å². The highest BCUT2D eigenvalue weighted by Gasteiger charge is 2.30. The highest BCUT2D eigenvalue weighted by molar-refractivity contribution is 5.76. The zero-order chi connectivity index (χ0) is 23.9. The van der Waals surface area contributed by atoms with Crippen molar-refractivity contribution in [3.05, 3.63) is 118 Å². The molecule has 1 heterocycles. The van der Waals surface area contributed by atoms with Crippen LogP contribution in [0.1, 0.15) is 23.6 Å². The molecule has 0 N–H and O–H groups in total. The molecule has 4 aromatic rings. The summed E-state index contributed by atoms with van der Waals surface area (Å²) in [4.78, 5) is 24.7. The normalized spacial score (nSPS) is 10.6. The Balaban J connectivity index is 1.83. The van der Waals surface area contributed by atoms with Gasteiger partial charge in [0.25, 0.3) is 0 Å². The monoisotopic (exact) mass is 453 g/mol. The molecule has 7 nitrogen and oxygen atoms in total. The van der Waals surface area contributed by atoms with Crippen molar-refractivity contribution in [3.63, 3.8) is 0 Å². The van der Waals surface area contributed by atoms with Crippen molar-refractivity contribution >= 4 is 23.0 Å². The zero-order valence-electron chi connectivity index (χ0n) is 19.3. The maximum absolute atomic E-state index is 12.4. The van der Waals surface area contributed by atoms with Crippen LogP contribution in [0.4, 0.5) is 23.0 Å². The largest absolute Gasteiger partial charge is 0.354 e. The number of benzene rings is 3. The Morgan fingerprint density at radius 1 is 0.824 bits per heavy atom. The summed E-state index contributed by atoms with van der Waals surface area (Å²) >= 11 is 0. The van der Waals surface area contributed by atoms with Gasteiger partial charge in [0.15, 0.2) is 0 Å². The molecule has 0 aliphatic heterocycles. The van der Waals surface area contributed by atoms with E-state index in [9.17, 15) is 10.1 Å². The molecule has 0 aliphatic carbocycles. The topological polar surface area (TPSA) is 75.4 Å². The fraction of sp³-hybridized carbons (Fsp3) is 0.185. The van der Waals surface area contributed by atoms with Crippen LogP contribution in [0.2, 0.25) is 0 Å². The lowest BCUT2D eigenvalue weighted by Crippen LogP contribution is -2.26. The standard InChI is InChI=1S/C27H27N5O2/c1-3-31(24-16-10-11-21(2)17-24)27-25(32(33)34)26(28-20-29-27)30(18-22-12-6-4-7-13-22)19-23-14-8-5-9-15-23/h4-17,20H,3,18-19H2,1-2H3. The fourth-order valence-electron chi connectivity index (χ4n) is 4.02. The molecule has 4 rings (SSSR count). The number of anilines is 3. The van der Waals surface area contributed by atoms with E-state index in [1.807, 2.05) is 109 Å². The second-order valence-electron chi connectivity index (χ2n) is 8.04. The summed E-state index contributed by atoms with van der Waals surface area (Å²) in [6, 6.07) is 27.7. The molecular weight excluding hydrogens is 426 g/mol. The van der Waals surface area contributed by atoms with Crippen molar-refractivity contribution < 1.29 is 4.92 Å². The molecule has 3 aromatic carbocycles. The van der Waals surface area contributed by atoms with Gasteiger partial charge in [-0.25, -0.2) is 9.97 Å². The molecular formula is C27H27N5O2. The summed E-state index contributed by atoms with van der Waals surface area (Å²) in [6.07, 6.45) is 1.42. The second-order valence-corrected chi connectivity index (χ2v) is 8.04. The van der Waals surface area contributed by atoms with Crippen LogP contribution in [0.25, 0.3) is 0 Å². The van der Waals surface area contributed by atoms with E-state index in [4.69, 9.17) is 0 Å². The Morgan fingerprint density at radius 3 is 1.94 bits per heavy atom. The quantitative estimate of drug-likeness (QED) is 0.227. The molecule has 7 heteroatoms. The van der Waals surface area contributed by atoms with Gasteiger partial charge in [-0.2, -0.15) is 0 Å². The number of aromatic nitrogens is 2. The molecule has 0 saturated heterocycles. The van der Waals surface area contributed by atoms with Gasteiger partial charge >= 0.3 is 5.69 Å². The Hall–Kier alpha value is -4.26. The molecule has 0 saturated carbocycles. The van der Waals surface area contributed by atoms with Crippen molar-refractivity contribution in [1.29, 1.82) is 0 Å². The lowest BCUT2D eigenvalue weighted by atomic mass is 10.1. The van der Waals surface area contributed by atoms with Crippen molar-refractivity contribution in [2.45, 2.75) is 26.9 Å². The third-order valence-electron chi connectivity index (χ3n) is 5.58. The molecule has 34 heavy (non-hydrogen) atoms. The predicted molar refractivity (Wildman–Crippen MR) is 135 cm³/mol. The maximum Gasteiger partial charge on any atom is 0.354 e. The van der Waals surface area contributed by atoms with Crippen molar-refractivity contribution in [2.24, 2.45) is 0 Å². The van der Waals surface area contributed by atoms with Gasteiger partial charge in [-0.1, -0.05) is 72.8 Å². The van der Waals surface area contributed by atoms with Crippen LogP contribution in [0, 0.1) is 17.0 Å². The summed E-state index contributed by atoms with van der Waals surface area (Å²) in [7, 11) is 0. The van der Waals surface area contributed by atoms with E-state index in [-0.39, 0.29) is 16.4 Å². The number of aryl methyl sites for hydroxylation is 1. The summed E-state index contributed by atoms with van der Waals surface area (Å²) in [5.74, 6) is 0.586. The molecule has 0 aliphatic rings. The van der Waals surface area contributed by atoms with Crippen LogP contribution in [0.5, 0.6) is 0 Å². The van der Waals surface area contributed by atoms with Gasteiger partial charge in [-0.05, 0) is 42.7 Å². The molecule has 0 radical (unpaired) electrons. The molecule has 172 valence electrons. The van der Waals surface area contributed by atoms with Crippen LogP contribution >= 0.6 is 0 Å². The lowest BCUT2D eigenvalue weighted by molar-refractivity contribution is -0.383. The van der Waals surface area contributed by atoms with E-state index < -0.39 is 0 Å². The Bertz CT molecular complexity index is 1210. The van der Waals surface area contributed by atoms with Crippen LogP contribution in [-0.4, -0.2) is 21.4 Å². The Kier molecular flexibility index (Phi) is 7.13. The van der Waals surface area contributed by atoms with Gasteiger partial charge in [-0.3, -0.25) is 10.1 Å². The van der Waals surface area contributed by atoms with E-state index in [0.29, 0.717) is 25.5 Å². The van der Waals surface area contributed by atoms with Crippen molar-refractivity contribution in [1.82, 2.24) is 9.97 Å². The lowest BCUT2D eigenvalue weighted by Gasteiger charge is -2.27. The molecule has 0 unspecified atom stereocenters. The van der Waals surface area contributed by atoms with Gasteiger partial charge in [0.05, 0.1) is 4.92 Å². The average molecular weight is 454 g/mol. The van der Waals surface area contributed by atoms with E-state index in [0.717, 1.165) is 22.4 Å². The van der Waals surface area contributed by atoms with Crippen LogP contribution in [-0.2, 0) is 13.1 Å². The van der Waals surface area contributed by atoms with E-state index >= 15 is 0 Å². The van der Waals surface area contributed by atoms with Crippen molar-refractivity contribution in [2.75, 3.05) is 16.3 Å². The molecule has 0 fully saturated rings. The van der Waals surface area contributed by atoms with Gasteiger partial charge in [0, 0.05) is 25.3 Å². The second kappa shape index (κ2) is 10.6. The fourth-order valence-corrected chi connectivity index (χ4v) is 4.02. The summed E-state index contributed by atoms with van der Waals surface area (Å²) in [6.45, 7) is 5.43. The molecule has 1 aromatic heterocycles. The van der Waals surface area contributed by atoms with E-state index in [1.165, 1.54) is 6.33 Å². The summed E-state index contributed by atoms with van der Waals surface area (Å²) in [5.41, 5.74) is 3.91. The first-order valence-corrected chi connectivity index (χ1v) is 11.2. The number of hydrogen-bond acceptors (Lipinski definition) is 6. The smallest absolute Gasteiger partial charge is 0.342 e. The van der Waals surface area contributed by atoms with Crippen molar-refractivity contribution in [3.8, 4) is 0 Å². The SMILES string of the molecule is CCN(c1cccc(C)c1)c1ncnc(N(Cc2ccccc2)Cc2ccccc2)c1[N+](=O)[O-]. The van der Waals surface area contributed by atoms with Crippen LogP contribution in [0.15, 0.2) is 91.3 Å². The molecule has 0 amide bonds. The van der Waals surface area contributed by atoms with E-state index in [2.05, 4.69) is 9.97 Å². The summed E-state index contributed by atoms with van der Waals surface area (Å²) < 4.78 is 0. The number of hydrogen-bond donors (Lipinski definition) is 0. The minimum atomic E-state index is -0.369. The van der Waals surface area contributed by atoms with Gasteiger partial charge in [-0.15, -0.1) is 0 Å². The third-order valence-corrected chi connectivity index (χ3v) is 5.58. The highest BCUT2D eigenvalue weighted by Crippen LogP contribution is 2.38. The average Bonchev–Trinajstić information content (AvgIpc) is 2.85. The highest BCUT2D eigenvalue weighted by atomic mass is 16.6. The number of nitro groups is 1. The minimum absolute atomic E-state index is 0.0993. The van der Waals surface area contributed by atoms with E-state index in [1.54, 1.807) is 0 Å². The Morgan fingerprint density at radius 2 is 1.41 bits per heavy atom. The summed E-state index contributed by atoms with van der Waals surface area (Å²) in [5, 5.41) is 12.4. The molecule has 0 atom stereocenters. The van der Waals surface area contributed by atoms with Gasteiger partial charge < -0.3 is 9.80 Å². The zero-order valence-corrected chi connectivity index (χ0v) is 19.3. The first-order valence-electron chi connectivity index (χ1n) is 11.2. The maximum atomic E-state index is 12.4.